The Morgan fingerprint density at radius 1 is 1.40 bits per heavy atom. The number of hydrogen-bond acceptors (Lipinski definition) is 2. The van der Waals surface area contributed by atoms with Gasteiger partial charge in [-0.2, -0.15) is 13.2 Å². The summed E-state index contributed by atoms with van der Waals surface area (Å²) in [5, 5.41) is 7.10. The summed E-state index contributed by atoms with van der Waals surface area (Å²) >= 11 is 0. The molecule has 90 valence electrons. The van der Waals surface area contributed by atoms with Crippen LogP contribution in [-0.2, 0) is 0 Å². The Morgan fingerprint density at radius 2 is 1.93 bits per heavy atom. The standard InChI is InChI=1S/C9H18F3N3/c1-3-7(5-8(13)14)15(4-2)6-9(10,11)12/h7H,3-6H2,1-2H3,(H3,13,14). The molecule has 0 bridgehead atoms. The van der Waals surface area contributed by atoms with Gasteiger partial charge in [-0.3, -0.25) is 10.3 Å². The van der Waals surface area contributed by atoms with Crippen molar-refractivity contribution >= 4 is 5.84 Å². The topological polar surface area (TPSA) is 53.1 Å². The first kappa shape index (κ1) is 14.2. The van der Waals surface area contributed by atoms with Crippen molar-refractivity contribution in [2.24, 2.45) is 5.73 Å². The summed E-state index contributed by atoms with van der Waals surface area (Å²) in [6.07, 6.45) is -3.44. The van der Waals surface area contributed by atoms with Crippen LogP contribution in [0.4, 0.5) is 13.2 Å². The molecule has 0 saturated carbocycles. The fourth-order valence-corrected chi connectivity index (χ4v) is 1.51. The molecule has 15 heavy (non-hydrogen) atoms. The molecular formula is C9H18F3N3. The van der Waals surface area contributed by atoms with Gasteiger partial charge in [-0.1, -0.05) is 13.8 Å². The first-order valence-electron chi connectivity index (χ1n) is 4.93. The molecule has 1 atom stereocenters. The summed E-state index contributed by atoms with van der Waals surface area (Å²) < 4.78 is 36.6. The lowest BCUT2D eigenvalue weighted by atomic mass is 10.1. The van der Waals surface area contributed by atoms with Gasteiger partial charge in [-0.05, 0) is 13.0 Å². The Morgan fingerprint density at radius 3 is 2.20 bits per heavy atom. The summed E-state index contributed by atoms with van der Waals surface area (Å²) in [5.74, 6) is -0.0672. The van der Waals surface area contributed by atoms with Crippen molar-refractivity contribution in [3.05, 3.63) is 0 Å². The molecule has 1 unspecified atom stereocenters. The largest absolute Gasteiger partial charge is 0.401 e. The van der Waals surface area contributed by atoms with E-state index >= 15 is 0 Å². The second-order valence-corrected chi connectivity index (χ2v) is 3.47. The van der Waals surface area contributed by atoms with Gasteiger partial charge in [0.15, 0.2) is 0 Å². The van der Waals surface area contributed by atoms with Crippen LogP contribution in [0, 0.1) is 5.41 Å². The molecule has 0 aliphatic carbocycles. The molecule has 3 nitrogen and oxygen atoms in total. The second-order valence-electron chi connectivity index (χ2n) is 3.47. The molecular weight excluding hydrogens is 207 g/mol. The second kappa shape index (κ2) is 5.95. The Bertz CT molecular complexity index is 203. The first-order chi connectivity index (χ1) is 6.80. The summed E-state index contributed by atoms with van der Waals surface area (Å²) in [6, 6.07) is -0.297. The average Bonchev–Trinajstić information content (AvgIpc) is 2.08. The van der Waals surface area contributed by atoms with E-state index in [1.165, 1.54) is 4.90 Å². The predicted octanol–water partition coefficient (Wildman–Crippen LogP) is 1.98. The molecule has 0 amide bonds. The van der Waals surface area contributed by atoms with Gasteiger partial charge in [-0.15, -0.1) is 0 Å². The van der Waals surface area contributed by atoms with E-state index in [0.29, 0.717) is 13.0 Å². The van der Waals surface area contributed by atoms with Crippen LogP contribution in [0.25, 0.3) is 0 Å². The van der Waals surface area contributed by atoms with Crippen molar-refractivity contribution < 1.29 is 13.2 Å². The van der Waals surface area contributed by atoms with Crippen LogP contribution in [0.15, 0.2) is 0 Å². The van der Waals surface area contributed by atoms with Crippen molar-refractivity contribution in [1.82, 2.24) is 4.90 Å². The molecule has 0 radical (unpaired) electrons. The van der Waals surface area contributed by atoms with Crippen LogP contribution in [-0.4, -0.2) is 36.0 Å². The average molecular weight is 225 g/mol. The third kappa shape index (κ3) is 6.33. The van der Waals surface area contributed by atoms with E-state index in [2.05, 4.69) is 0 Å². The molecule has 0 aliphatic heterocycles. The Balaban J connectivity index is 4.40. The van der Waals surface area contributed by atoms with Crippen LogP contribution >= 0.6 is 0 Å². The van der Waals surface area contributed by atoms with E-state index in [-0.39, 0.29) is 18.3 Å². The highest BCUT2D eigenvalue weighted by atomic mass is 19.4. The highest BCUT2D eigenvalue weighted by molar-refractivity contribution is 5.77. The Kier molecular flexibility index (Phi) is 5.64. The monoisotopic (exact) mass is 225 g/mol. The molecule has 3 N–H and O–H groups in total. The van der Waals surface area contributed by atoms with E-state index in [1.807, 2.05) is 0 Å². The highest BCUT2D eigenvalue weighted by Crippen LogP contribution is 2.19. The smallest absolute Gasteiger partial charge is 0.388 e. The Labute approximate surface area is 87.9 Å². The van der Waals surface area contributed by atoms with Gasteiger partial charge in [0.05, 0.1) is 12.4 Å². The van der Waals surface area contributed by atoms with Gasteiger partial charge in [0.25, 0.3) is 0 Å². The van der Waals surface area contributed by atoms with Crippen LogP contribution in [0.5, 0.6) is 0 Å². The van der Waals surface area contributed by atoms with Crippen molar-refractivity contribution in [2.45, 2.75) is 38.9 Å². The third-order valence-electron chi connectivity index (χ3n) is 2.23. The minimum atomic E-state index is -4.19. The molecule has 0 heterocycles. The maximum Gasteiger partial charge on any atom is 0.401 e. The fourth-order valence-electron chi connectivity index (χ4n) is 1.51. The van der Waals surface area contributed by atoms with Gasteiger partial charge in [-0.25, -0.2) is 0 Å². The van der Waals surface area contributed by atoms with Crippen LogP contribution in [0.3, 0.4) is 0 Å². The number of alkyl halides is 3. The Hall–Kier alpha value is -0.780. The summed E-state index contributed by atoms with van der Waals surface area (Å²) in [7, 11) is 0. The molecule has 0 aromatic rings. The number of amidine groups is 1. The van der Waals surface area contributed by atoms with Crippen molar-refractivity contribution in [1.29, 1.82) is 5.41 Å². The molecule has 0 fully saturated rings. The lowest BCUT2D eigenvalue weighted by Gasteiger charge is -2.30. The van der Waals surface area contributed by atoms with E-state index in [0.717, 1.165) is 0 Å². The summed E-state index contributed by atoms with van der Waals surface area (Å²) in [6.45, 7) is 2.85. The molecule has 0 saturated heterocycles. The molecule has 0 rings (SSSR count). The normalized spacial score (nSPS) is 14.3. The van der Waals surface area contributed by atoms with Gasteiger partial charge in [0.2, 0.25) is 0 Å². The zero-order valence-electron chi connectivity index (χ0n) is 9.06. The van der Waals surface area contributed by atoms with Crippen molar-refractivity contribution in [2.75, 3.05) is 13.1 Å². The van der Waals surface area contributed by atoms with Gasteiger partial charge in [0.1, 0.15) is 0 Å². The van der Waals surface area contributed by atoms with E-state index in [4.69, 9.17) is 11.1 Å². The van der Waals surface area contributed by atoms with E-state index < -0.39 is 12.7 Å². The summed E-state index contributed by atoms with van der Waals surface area (Å²) in [5.41, 5.74) is 5.20. The molecule has 0 aliphatic rings. The number of nitrogens with two attached hydrogens (primary N) is 1. The molecule has 0 spiro atoms. The summed E-state index contributed by atoms with van der Waals surface area (Å²) in [4.78, 5) is 1.31. The van der Waals surface area contributed by atoms with Gasteiger partial charge in [0, 0.05) is 12.5 Å². The van der Waals surface area contributed by atoms with Crippen molar-refractivity contribution in [3.8, 4) is 0 Å². The number of halogens is 3. The fraction of sp³-hybridized carbons (Fsp3) is 0.889. The number of nitrogens with one attached hydrogen (secondary N) is 1. The molecule has 0 aromatic heterocycles. The predicted molar refractivity (Wildman–Crippen MR) is 53.9 cm³/mol. The molecule has 0 aromatic carbocycles. The number of nitrogens with zero attached hydrogens (tertiary/aromatic N) is 1. The maximum absolute atomic E-state index is 12.2. The SMILES string of the molecule is CCC(CC(=N)N)N(CC)CC(F)(F)F. The van der Waals surface area contributed by atoms with Gasteiger partial charge >= 0.3 is 6.18 Å². The van der Waals surface area contributed by atoms with E-state index in [1.54, 1.807) is 13.8 Å². The van der Waals surface area contributed by atoms with Crippen molar-refractivity contribution in [3.63, 3.8) is 0 Å². The number of rotatable bonds is 6. The van der Waals surface area contributed by atoms with Crippen LogP contribution in [0.2, 0.25) is 0 Å². The highest BCUT2D eigenvalue weighted by Gasteiger charge is 2.32. The zero-order chi connectivity index (χ0) is 12.1. The van der Waals surface area contributed by atoms with Gasteiger partial charge < -0.3 is 5.73 Å². The lowest BCUT2D eigenvalue weighted by Crippen LogP contribution is -2.43. The lowest BCUT2D eigenvalue weighted by molar-refractivity contribution is -0.150. The minimum absolute atomic E-state index is 0.0672. The minimum Gasteiger partial charge on any atom is -0.388 e. The molecule has 6 heteroatoms. The zero-order valence-corrected chi connectivity index (χ0v) is 9.06. The maximum atomic E-state index is 12.2. The number of hydrogen-bond donors (Lipinski definition) is 2. The first-order valence-corrected chi connectivity index (χ1v) is 4.93. The quantitative estimate of drug-likeness (QED) is 0.536. The third-order valence-corrected chi connectivity index (χ3v) is 2.23. The van der Waals surface area contributed by atoms with Crippen LogP contribution < -0.4 is 5.73 Å². The van der Waals surface area contributed by atoms with E-state index in [9.17, 15) is 13.2 Å². The van der Waals surface area contributed by atoms with Crippen LogP contribution in [0.1, 0.15) is 26.7 Å².